The van der Waals surface area contributed by atoms with Crippen molar-refractivity contribution in [1.29, 1.82) is 0 Å². The fraction of sp³-hybridized carbons (Fsp3) is 0.714. The first-order valence-electron chi connectivity index (χ1n) is 7.08. The summed E-state index contributed by atoms with van der Waals surface area (Å²) < 4.78 is 7.28. The predicted molar refractivity (Wildman–Crippen MR) is 74.7 cm³/mol. The number of hydrogen-bond acceptors (Lipinski definition) is 4. The van der Waals surface area contributed by atoms with Crippen molar-refractivity contribution < 1.29 is 14.6 Å². The van der Waals surface area contributed by atoms with Crippen molar-refractivity contribution in [3.8, 4) is 0 Å². The zero-order chi connectivity index (χ0) is 14.9. The third-order valence-corrected chi connectivity index (χ3v) is 4.08. The van der Waals surface area contributed by atoms with Gasteiger partial charge in [-0.15, -0.1) is 0 Å². The molecule has 6 nitrogen and oxygen atoms in total. The summed E-state index contributed by atoms with van der Waals surface area (Å²) in [6.45, 7) is 10.8. The van der Waals surface area contributed by atoms with E-state index < -0.39 is 12.1 Å². The standard InChI is InChI=1S/C14H23N3O3/c1-5-17-11(4)13(9(2)15-17)10(3)16-6-7-20-12(8-16)14(18)19/h10,12H,5-8H2,1-4H3,(H,18,19). The van der Waals surface area contributed by atoms with Crippen molar-refractivity contribution >= 4 is 5.97 Å². The molecule has 0 amide bonds. The van der Waals surface area contributed by atoms with Crippen LogP contribution < -0.4 is 0 Å². The Morgan fingerprint density at radius 3 is 2.80 bits per heavy atom. The first-order valence-corrected chi connectivity index (χ1v) is 7.08. The van der Waals surface area contributed by atoms with E-state index in [0.717, 1.165) is 24.5 Å². The van der Waals surface area contributed by atoms with Crippen LogP contribution in [0.4, 0.5) is 0 Å². The zero-order valence-corrected chi connectivity index (χ0v) is 12.6. The summed E-state index contributed by atoms with van der Waals surface area (Å²) >= 11 is 0. The van der Waals surface area contributed by atoms with E-state index in [2.05, 4.69) is 30.8 Å². The maximum absolute atomic E-state index is 11.1. The van der Waals surface area contributed by atoms with E-state index in [1.165, 1.54) is 5.56 Å². The van der Waals surface area contributed by atoms with Crippen LogP contribution in [0, 0.1) is 13.8 Å². The van der Waals surface area contributed by atoms with E-state index in [9.17, 15) is 4.79 Å². The van der Waals surface area contributed by atoms with Crippen LogP contribution in [0.2, 0.25) is 0 Å². The highest BCUT2D eigenvalue weighted by molar-refractivity contribution is 5.72. The highest BCUT2D eigenvalue weighted by atomic mass is 16.5. The Hall–Kier alpha value is -1.40. The molecule has 0 aromatic carbocycles. The summed E-state index contributed by atoms with van der Waals surface area (Å²) in [5.74, 6) is -0.889. The minimum absolute atomic E-state index is 0.154. The monoisotopic (exact) mass is 281 g/mol. The fourth-order valence-electron chi connectivity index (χ4n) is 2.98. The summed E-state index contributed by atoms with van der Waals surface area (Å²) in [6, 6.07) is 0.154. The second-order valence-electron chi connectivity index (χ2n) is 5.27. The molecular formula is C14H23N3O3. The average molecular weight is 281 g/mol. The van der Waals surface area contributed by atoms with E-state index >= 15 is 0 Å². The van der Waals surface area contributed by atoms with E-state index in [1.807, 2.05) is 11.6 Å². The Labute approximate surface area is 119 Å². The molecule has 1 aliphatic rings. The van der Waals surface area contributed by atoms with Crippen LogP contribution in [0.5, 0.6) is 0 Å². The molecule has 1 aromatic heterocycles. The molecule has 2 heterocycles. The van der Waals surface area contributed by atoms with Crippen LogP contribution in [0.1, 0.15) is 36.8 Å². The molecule has 0 spiro atoms. The third-order valence-electron chi connectivity index (χ3n) is 4.08. The average Bonchev–Trinajstić information content (AvgIpc) is 2.72. The minimum Gasteiger partial charge on any atom is -0.479 e. The fourth-order valence-corrected chi connectivity index (χ4v) is 2.98. The summed E-state index contributed by atoms with van der Waals surface area (Å²) in [7, 11) is 0. The molecule has 6 heteroatoms. The van der Waals surface area contributed by atoms with Crippen LogP contribution >= 0.6 is 0 Å². The number of hydrogen-bond donors (Lipinski definition) is 1. The number of rotatable bonds is 4. The first kappa shape index (κ1) is 15.0. The van der Waals surface area contributed by atoms with Gasteiger partial charge in [-0.25, -0.2) is 4.79 Å². The SMILES string of the molecule is CCn1nc(C)c(C(C)N2CCOC(C(=O)O)C2)c1C. The Bertz CT molecular complexity index is 498. The Morgan fingerprint density at radius 2 is 2.25 bits per heavy atom. The van der Waals surface area contributed by atoms with E-state index in [4.69, 9.17) is 9.84 Å². The molecule has 1 N–H and O–H groups in total. The Balaban J connectivity index is 2.20. The molecule has 2 rings (SSSR count). The van der Waals surface area contributed by atoms with Crippen LogP contribution in [0.3, 0.4) is 0 Å². The molecule has 2 atom stereocenters. The van der Waals surface area contributed by atoms with E-state index in [-0.39, 0.29) is 6.04 Å². The Morgan fingerprint density at radius 1 is 1.55 bits per heavy atom. The molecule has 0 aliphatic carbocycles. The van der Waals surface area contributed by atoms with Crippen molar-refractivity contribution in [3.05, 3.63) is 17.0 Å². The van der Waals surface area contributed by atoms with Gasteiger partial charge in [-0.05, 0) is 27.7 Å². The lowest BCUT2D eigenvalue weighted by Crippen LogP contribution is -2.47. The molecule has 112 valence electrons. The van der Waals surface area contributed by atoms with Gasteiger partial charge in [0.15, 0.2) is 6.10 Å². The molecule has 20 heavy (non-hydrogen) atoms. The summed E-state index contributed by atoms with van der Waals surface area (Å²) in [6.07, 6.45) is -0.729. The first-order chi connectivity index (χ1) is 9.45. The molecule has 1 aliphatic heterocycles. The van der Waals surface area contributed by atoms with Gasteiger partial charge in [-0.1, -0.05) is 0 Å². The number of aromatic nitrogens is 2. The van der Waals surface area contributed by atoms with Gasteiger partial charge in [0.05, 0.1) is 12.3 Å². The van der Waals surface area contributed by atoms with Crippen LogP contribution in [-0.4, -0.2) is 51.6 Å². The van der Waals surface area contributed by atoms with Crippen molar-refractivity contribution in [2.75, 3.05) is 19.7 Å². The highest BCUT2D eigenvalue weighted by Crippen LogP contribution is 2.28. The lowest BCUT2D eigenvalue weighted by Gasteiger charge is -2.35. The second kappa shape index (κ2) is 5.93. The second-order valence-corrected chi connectivity index (χ2v) is 5.27. The smallest absolute Gasteiger partial charge is 0.334 e. The molecule has 1 fully saturated rings. The van der Waals surface area contributed by atoms with Crippen LogP contribution in [0.25, 0.3) is 0 Å². The van der Waals surface area contributed by atoms with Gasteiger partial charge < -0.3 is 9.84 Å². The van der Waals surface area contributed by atoms with Gasteiger partial charge in [0.2, 0.25) is 0 Å². The van der Waals surface area contributed by atoms with Gasteiger partial charge in [0.25, 0.3) is 0 Å². The zero-order valence-electron chi connectivity index (χ0n) is 12.6. The topological polar surface area (TPSA) is 67.6 Å². The Kier molecular flexibility index (Phi) is 4.45. The molecular weight excluding hydrogens is 258 g/mol. The van der Waals surface area contributed by atoms with Crippen molar-refractivity contribution in [3.63, 3.8) is 0 Å². The minimum atomic E-state index is -0.889. The maximum Gasteiger partial charge on any atom is 0.334 e. The molecule has 0 bridgehead atoms. The van der Waals surface area contributed by atoms with Gasteiger partial charge >= 0.3 is 5.97 Å². The molecule has 1 saturated heterocycles. The maximum atomic E-state index is 11.1. The number of ether oxygens (including phenoxy) is 1. The number of aryl methyl sites for hydroxylation is 2. The van der Waals surface area contributed by atoms with Crippen molar-refractivity contribution in [1.82, 2.24) is 14.7 Å². The quantitative estimate of drug-likeness (QED) is 0.902. The molecule has 0 saturated carbocycles. The van der Waals surface area contributed by atoms with Gasteiger partial charge in [0, 0.05) is 36.9 Å². The van der Waals surface area contributed by atoms with Gasteiger partial charge in [-0.2, -0.15) is 5.10 Å². The summed E-state index contributed by atoms with van der Waals surface area (Å²) in [4.78, 5) is 13.2. The number of carbonyl (C=O) groups is 1. The number of morpholine rings is 1. The number of nitrogens with zero attached hydrogens (tertiary/aromatic N) is 3. The van der Waals surface area contributed by atoms with Crippen molar-refractivity contribution in [2.24, 2.45) is 0 Å². The summed E-state index contributed by atoms with van der Waals surface area (Å²) in [5.41, 5.74) is 3.39. The lowest BCUT2D eigenvalue weighted by atomic mass is 10.0. The lowest BCUT2D eigenvalue weighted by molar-refractivity contribution is -0.157. The van der Waals surface area contributed by atoms with Crippen LogP contribution in [0.15, 0.2) is 0 Å². The number of aliphatic carboxylic acids is 1. The predicted octanol–water partition coefficient (Wildman–Crippen LogP) is 1.37. The number of carboxylic acid groups (broad SMARTS) is 1. The largest absolute Gasteiger partial charge is 0.479 e. The summed E-state index contributed by atoms with van der Waals surface area (Å²) in [5, 5.41) is 13.6. The van der Waals surface area contributed by atoms with Crippen molar-refractivity contribution in [2.45, 2.75) is 46.4 Å². The van der Waals surface area contributed by atoms with Crippen LogP contribution in [-0.2, 0) is 16.1 Å². The van der Waals surface area contributed by atoms with E-state index in [1.54, 1.807) is 0 Å². The molecule has 0 radical (unpaired) electrons. The normalized spacial score (nSPS) is 21.9. The van der Waals surface area contributed by atoms with Gasteiger partial charge in [0.1, 0.15) is 0 Å². The van der Waals surface area contributed by atoms with Gasteiger partial charge in [-0.3, -0.25) is 9.58 Å². The third kappa shape index (κ3) is 2.71. The number of carboxylic acids is 1. The highest BCUT2D eigenvalue weighted by Gasteiger charge is 2.31. The molecule has 1 aromatic rings. The van der Waals surface area contributed by atoms with E-state index in [0.29, 0.717) is 13.2 Å². The molecule has 2 unspecified atom stereocenters.